The lowest BCUT2D eigenvalue weighted by Gasteiger charge is -2.05. The number of hydrogen-bond acceptors (Lipinski definition) is 4. The highest BCUT2D eigenvalue weighted by Gasteiger charge is 2.11. The molecule has 0 fully saturated rings. The van der Waals surface area contributed by atoms with E-state index >= 15 is 0 Å². The second kappa shape index (κ2) is 6.24. The van der Waals surface area contributed by atoms with Gasteiger partial charge in [-0.25, -0.2) is 14.2 Å². The minimum atomic E-state index is -0.401. The molecule has 1 unspecified atom stereocenters. The van der Waals surface area contributed by atoms with E-state index in [4.69, 9.17) is 4.74 Å². The molecule has 0 saturated heterocycles. The molecule has 0 aliphatic rings. The van der Waals surface area contributed by atoms with Crippen LogP contribution in [0.4, 0.5) is 0 Å². The second-order valence-corrected chi connectivity index (χ2v) is 5.38. The minimum Gasteiger partial charge on any atom is -0.461 e. The monoisotopic (exact) mass is 375 g/mol. The molecule has 0 radical (unpaired) electrons. The molecule has 0 aliphatic heterocycles. The molecule has 0 saturated carbocycles. The SMILES string of the molecule is CCOC(=O)c1cccc(-c2ccnn2PI)n1. The smallest absolute Gasteiger partial charge is 0.356 e. The number of carbonyl (C=O) groups excluding carboxylic acids is 1. The van der Waals surface area contributed by atoms with Crippen LogP contribution in [0.25, 0.3) is 11.4 Å². The third kappa shape index (κ3) is 2.87. The molecule has 2 rings (SSSR count). The summed E-state index contributed by atoms with van der Waals surface area (Å²) in [4.78, 5) is 15.9. The molecule has 18 heavy (non-hydrogen) atoms. The van der Waals surface area contributed by atoms with Crippen molar-refractivity contribution in [1.82, 2.24) is 14.5 Å². The Kier molecular flexibility index (Phi) is 4.66. The molecule has 2 aromatic rings. The van der Waals surface area contributed by atoms with Crippen LogP contribution in [0, 0.1) is 0 Å². The summed E-state index contributed by atoms with van der Waals surface area (Å²) in [6.07, 6.45) is 2.21. The maximum atomic E-state index is 11.6. The normalized spacial score (nSPS) is 11.0. The molecule has 0 aromatic carbocycles. The van der Waals surface area contributed by atoms with Crippen LogP contribution in [0.3, 0.4) is 0 Å². The molecule has 94 valence electrons. The van der Waals surface area contributed by atoms with Gasteiger partial charge in [-0.3, -0.25) is 0 Å². The van der Waals surface area contributed by atoms with E-state index in [2.05, 4.69) is 32.1 Å². The maximum absolute atomic E-state index is 11.6. The van der Waals surface area contributed by atoms with Crippen molar-refractivity contribution in [2.75, 3.05) is 6.61 Å². The van der Waals surface area contributed by atoms with Gasteiger partial charge in [0.2, 0.25) is 0 Å². The van der Waals surface area contributed by atoms with Crippen LogP contribution < -0.4 is 0 Å². The number of halogens is 1. The topological polar surface area (TPSA) is 57.0 Å². The summed E-state index contributed by atoms with van der Waals surface area (Å²) < 4.78 is 6.78. The van der Waals surface area contributed by atoms with Crippen molar-refractivity contribution in [1.29, 1.82) is 0 Å². The van der Waals surface area contributed by atoms with Gasteiger partial charge in [0.15, 0.2) is 0 Å². The van der Waals surface area contributed by atoms with E-state index in [0.717, 1.165) is 11.4 Å². The van der Waals surface area contributed by atoms with Crippen molar-refractivity contribution in [3.8, 4) is 11.4 Å². The van der Waals surface area contributed by atoms with E-state index in [0.29, 0.717) is 18.7 Å². The number of hydrogen-bond donors (Lipinski definition) is 0. The molecule has 5 nitrogen and oxygen atoms in total. The van der Waals surface area contributed by atoms with Crippen molar-refractivity contribution in [3.63, 3.8) is 0 Å². The van der Waals surface area contributed by atoms with E-state index in [1.165, 1.54) is 0 Å². The number of nitrogens with zero attached hydrogens (tertiary/aromatic N) is 3. The Balaban J connectivity index is 2.35. The fraction of sp³-hybridized carbons (Fsp3) is 0.182. The second-order valence-electron chi connectivity index (χ2n) is 3.34. The van der Waals surface area contributed by atoms with Gasteiger partial charge in [-0.2, -0.15) is 5.10 Å². The molecule has 0 spiro atoms. The van der Waals surface area contributed by atoms with Crippen LogP contribution in [-0.4, -0.2) is 27.1 Å². The van der Waals surface area contributed by atoms with Gasteiger partial charge >= 0.3 is 5.97 Å². The molecular formula is C11H11IN3O2P. The van der Waals surface area contributed by atoms with Gasteiger partial charge in [0.1, 0.15) is 5.69 Å². The number of esters is 1. The van der Waals surface area contributed by atoms with Crippen LogP contribution >= 0.6 is 28.4 Å². The van der Waals surface area contributed by atoms with E-state index in [1.54, 1.807) is 25.3 Å². The highest BCUT2D eigenvalue weighted by Crippen LogP contribution is 2.29. The molecule has 1 atom stereocenters. The third-order valence-corrected chi connectivity index (χ3v) is 4.11. The van der Waals surface area contributed by atoms with Crippen LogP contribution in [0.2, 0.25) is 0 Å². The fourth-order valence-electron chi connectivity index (χ4n) is 1.46. The van der Waals surface area contributed by atoms with Gasteiger partial charge in [-0.05, 0) is 47.2 Å². The lowest BCUT2D eigenvalue weighted by molar-refractivity contribution is 0.0519. The Bertz CT molecular complexity index is 559. The van der Waals surface area contributed by atoms with Crippen molar-refractivity contribution >= 4 is 34.4 Å². The molecule has 2 heterocycles. The van der Waals surface area contributed by atoms with Crippen LogP contribution in [0.15, 0.2) is 30.5 Å². The van der Waals surface area contributed by atoms with Crippen LogP contribution in [-0.2, 0) is 4.74 Å². The highest BCUT2D eigenvalue weighted by atomic mass is 127. The number of pyridine rings is 1. The average molecular weight is 375 g/mol. The van der Waals surface area contributed by atoms with E-state index in [9.17, 15) is 4.79 Å². The Labute approximate surface area is 119 Å². The summed E-state index contributed by atoms with van der Waals surface area (Å²) in [7, 11) is 0. The average Bonchev–Trinajstić information content (AvgIpc) is 2.87. The predicted octanol–water partition coefficient (Wildman–Crippen LogP) is 2.91. The van der Waals surface area contributed by atoms with Gasteiger partial charge in [-0.15, -0.1) is 0 Å². The first-order valence-electron chi connectivity index (χ1n) is 5.31. The zero-order chi connectivity index (χ0) is 13.0. The van der Waals surface area contributed by atoms with E-state index in [-0.39, 0.29) is 0 Å². The molecule has 0 N–H and O–H groups in total. The Morgan fingerprint density at radius 2 is 2.33 bits per heavy atom. The van der Waals surface area contributed by atoms with Gasteiger partial charge in [-0.1, -0.05) is 6.07 Å². The van der Waals surface area contributed by atoms with E-state index < -0.39 is 5.97 Å². The number of carbonyl (C=O) groups is 1. The van der Waals surface area contributed by atoms with Crippen LogP contribution in [0.1, 0.15) is 17.4 Å². The largest absolute Gasteiger partial charge is 0.461 e. The molecule has 0 aliphatic carbocycles. The summed E-state index contributed by atoms with van der Waals surface area (Å²) in [5.41, 5.74) is 1.94. The lowest BCUT2D eigenvalue weighted by atomic mass is 10.2. The molecular weight excluding hydrogens is 364 g/mol. The summed E-state index contributed by atoms with van der Waals surface area (Å²) >= 11 is 2.25. The molecule has 0 amide bonds. The first-order chi connectivity index (χ1) is 8.76. The van der Waals surface area contributed by atoms with Crippen molar-refractivity contribution in [2.24, 2.45) is 0 Å². The van der Waals surface area contributed by atoms with Gasteiger partial charge in [0.25, 0.3) is 0 Å². The number of rotatable bonds is 4. The van der Waals surface area contributed by atoms with Crippen molar-refractivity contribution < 1.29 is 9.53 Å². The maximum Gasteiger partial charge on any atom is 0.356 e. The highest BCUT2D eigenvalue weighted by molar-refractivity contribution is 14.2. The van der Waals surface area contributed by atoms with Crippen LogP contribution in [0.5, 0.6) is 0 Å². The summed E-state index contributed by atoms with van der Waals surface area (Å²) in [5, 5.41) is 4.19. The first-order valence-corrected chi connectivity index (χ1v) is 9.37. The van der Waals surface area contributed by atoms with Gasteiger partial charge in [0.05, 0.1) is 24.4 Å². The summed E-state index contributed by atoms with van der Waals surface area (Å²) in [6.45, 7) is 2.12. The van der Waals surface area contributed by atoms with Gasteiger partial charge in [0, 0.05) is 6.20 Å². The zero-order valence-electron chi connectivity index (χ0n) is 9.63. The third-order valence-electron chi connectivity index (χ3n) is 2.22. The Morgan fingerprint density at radius 1 is 1.50 bits per heavy atom. The fourth-order valence-corrected chi connectivity index (χ4v) is 3.00. The quantitative estimate of drug-likeness (QED) is 0.469. The zero-order valence-corrected chi connectivity index (χ0v) is 12.8. The molecule has 0 bridgehead atoms. The minimum absolute atomic E-state index is 0.318. The first kappa shape index (κ1) is 13.4. The Hall–Kier alpha value is -1.01. The lowest BCUT2D eigenvalue weighted by Crippen LogP contribution is -2.07. The molecule has 7 heteroatoms. The summed E-state index contributed by atoms with van der Waals surface area (Å²) in [6, 6.07) is 7.17. The predicted molar refractivity (Wildman–Crippen MR) is 79.1 cm³/mol. The van der Waals surface area contributed by atoms with Crippen molar-refractivity contribution in [3.05, 3.63) is 36.2 Å². The number of aromatic nitrogens is 3. The standard InChI is InChI=1S/C11H11IN3O2P/c1-2-17-11(16)9-5-3-4-8(14-9)10-6-7-13-15(10)18-12/h3-7,18H,2H2,1H3. The Morgan fingerprint density at radius 3 is 3.06 bits per heavy atom. The number of ether oxygens (including phenoxy) is 1. The van der Waals surface area contributed by atoms with Crippen molar-refractivity contribution in [2.45, 2.75) is 6.92 Å². The van der Waals surface area contributed by atoms with Gasteiger partial charge < -0.3 is 4.74 Å². The molecule has 2 aromatic heterocycles. The summed E-state index contributed by atoms with van der Waals surface area (Å²) in [5.74, 6) is -0.401. The van der Waals surface area contributed by atoms with E-state index in [1.807, 2.05) is 16.6 Å².